The number of aromatic carboxylic acids is 1. The number of benzene rings is 2. The van der Waals surface area contributed by atoms with E-state index in [1.165, 1.54) is 16.9 Å². The summed E-state index contributed by atoms with van der Waals surface area (Å²) in [6.45, 7) is 11.0. The second-order valence-corrected chi connectivity index (χ2v) is 7.84. The van der Waals surface area contributed by atoms with Crippen molar-refractivity contribution in [2.45, 2.75) is 46.1 Å². The maximum atomic E-state index is 10.9. The normalized spacial score (nSPS) is 14.9. The standard InChI is InChI=1S/C24H25NO2/c1-16(2)25-17(3)15-24(4,5)21-14-19(10-13-22(21)25)7-6-18-8-11-20(12-9-18)23(26)27/h8-16H,1-5H3,(H,26,27). The van der Waals surface area contributed by atoms with E-state index in [0.717, 1.165) is 11.1 Å². The van der Waals surface area contributed by atoms with Crippen LogP contribution < -0.4 is 4.90 Å². The Morgan fingerprint density at radius 3 is 2.22 bits per heavy atom. The molecule has 0 fully saturated rings. The minimum absolute atomic E-state index is 0.0500. The van der Waals surface area contributed by atoms with Crippen molar-refractivity contribution in [1.82, 2.24) is 0 Å². The second-order valence-electron chi connectivity index (χ2n) is 7.84. The van der Waals surface area contributed by atoms with E-state index < -0.39 is 5.97 Å². The molecule has 138 valence electrons. The van der Waals surface area contributed by atoms with Gasteiger partial charge in [-0.05, 0) is 68.8 Å². The van der Waals surface area contributed by atoms with Gasteiger partial charge in [0.1, 0.15) is 0 Å². The Morgan fingerprint density at radius 2 is 1.63 bits per heavy atom. The topological polar surface area (TPSA) is 40.5 Å². The smallest absolute Gasteiger partial charge is 0.335 e. The number of anilines is 1. The number of carboxylic acid groups (broad SMARTS) is 1. The molecule has 0 aromatic heterocycles. The summed E-state index contributed by atoms with van der Waals surface area (Å²) in [5, 5.41) is 8.98. The van der Waals surface area contributed by atoms with Gasteiger partial charge in [-0.2, -0.15) is 0 Å². The van der Waals surface area contributed by atoms with E-state index in [4.69, 9.17) is 5.11 Å². The fourth-order valence-electron chi connectivity index (χ4n) is 3.73. The lowest BCUT2D eigenvalue weighted by Crippen LogP contribution is -2.36. The lowest BCUT2D eigenvalue weighted by Gasteiger charge is -2.40. The zero-order chi connectivity index (χ0) is 19.8. The van der Waals surface area contributed by atoms with E-state index >= 15 is 0 Å². The van der Waals surface area contributed by atoms with Crippen molar-refractivity contribution in [2.24, 2.45) is 0 Å². The average molecular weight is 359 g/mol. The number of carboxylic acids is 1. The van der Waals surface area contributed by atoms with Crippen molar-refractivity contribution in [1.29, 1.82) is 0 Å². The van der Waals surface area contributed by atoms with Crippen LogP contribution in [0.5, 0.6) is 0 Å². The molecule has 0 saturated carbocycles. The van der Waals surface area contributed by atoms with Crippen LogP contribution in [0, 0.1) is 11.8 Å². The van der Waals surface area contributed by atoms with E-state index in [0.29, 0.717) is 6.04 Å². The van der Waals surface area contributed by atoms with Crippen LogP contribution in [0.2, 0.25) is 0 Å². The highest BCUT2D eigenvalue weighted by Gasteiger charge is 2.31. The van der Waals surface area contributed by atoms with Gasteiger partial charge in [-0.3, -0.25) is 0 Å². The van der Waals surface area contributed by atoms with Gasteiger partial charge < -0.3 is 10.0 Å². The van der Waals surface area contributed by atoms with Gasteiger partial charge in [-0.25, -0.2) is 4.79 Å². The highest BCUT2D eigenvalue weighted by molar-refractivity contribution is 5.87. The first-order valence-corrected chi connectivity index (χ1v) is 9.17. The van der Waals surface area contributed by atoms with Gasteiger partial charge in [0.25, 0.3) is 0 Å². The number of hydrogen-bond donors (Lipinski definition) is 1. The van der Waals surface area contributed by atoms with E-state index in [1.807, 2.05) is 0 Å². The molecule has 3 nitrogen and oxygen atoms in total. The highest BCUT2D eigenvalue weighted by atomic mass is 16.4. The maximum Gasteiger partial charge on any atom is 0.335 e. The second kappa shape index (κ2) is 6.96. The monoisotopic (exact) mass is 359 g/mol. The van der Waals surface area contributed by atoms with Gasteiger partial charge in [0.2, 0.25) is 0 Å². The molecule has 0 unspecified atom stereocenters. The largest absolute Gasteiger partial charge is 0.478 e. The number of nitrogens with zero attached hydrogens (tertiary/aromatic N) is 1. The first kappa shape index (κ1) is 18.8. The minimum Gasteiger partial charge on any atom is -0.478 e. The summed E-state index contributed by atoms with van der Waals surface area (Å²) >= 11 is 0. The summed E-state index contributed by atoms with van der Waals surface area (Å²) < 4.78 is 0. The Kier molecular flexibility index (Phi) is 4.85. The van der Waals surface area contributed by atoms with E-state index in [2.05, 4.69) is 75.6 Å². The first-order chi connectivity index (χ1) is 12.7. The van der Waals surface area contributed by atoms with Crippen LogP contribution >= 0.6 is 0 Å². The van der Waals surface area contributed by atoms with Crippen LogP contribution in [0.4, 0.5) is 5.69 Å². The van der Waals surface area contributed by atoms with Crippen LogP contribution in [-0.4, -0.2) is 17.1 Å². The third-order valence-electron chi connectivity index (χ3n) is 4.90. The zero-order valence-electron chi connectivity index (χ0n) is 16.5. The third-order valence-corrected chi connectivity index (χ3v) is 4.90. The van der Waals surface area contributed by atoms with E-state index in [-0.39, 0.29) is 11.0 Å². The molecule has 0 saturated heterocycles. The Morgan fingerprint density at radius 1 is 1.04 bits per heavy atom. The maximum absolute atomic E-state index is 10.9. The minimum atomic E-state index is -0.926. The molecule has 0 radical (unpaired) electrons. The Hall–Kier alpha value is -2.99. The fourth-order valence-corrected chi connectivity index (χ4v) is 3.73. The van der Waals surface area contributed by atoms with Crippen LogP contribution in [0.25, 0.3) is 0 Å². The molecule has 3 rings (SSSR count). The van der Waals surface area contributed by atoms with Gasteiger partial charge in [0, 0.05) is 34.0 Å². The van der Waals surface area contributed by atoms with Gasteiger partial charge in [0.15, 0.2) is 0 Å². The summed E-state index contributed by atoms with van der Waals surface area (Å²) in [5.74, 6) is 5.42. The van der Waals surface area contributed by atoms with Crippen molar-refractivity contribution in [3.63, 3.8) is 0 Å². The van der Waals surface area contributed by atoms with Crippen LogP contribution in [0.3, 0.4) is 0 Å². The molecule has 1 N–H and O–H groups in total. The Bertz CT molecular complexity index is 970. The van der Waals surface area contributed by atoms with Crippen molar-refractivity contribution in [3.05, 3.63) is 76.5 Å². The lowest BCUT2D eigenvalue weighted by molar-refractivity contribution is 0.0697. The third kappa shape index (κ3) is 3.75. The SMILES string of the molecule is CC1=CC(C)(C)c2cc(C#Cc3ccc(C(=O)O)cc3)ccc2N1C(C)C. The van der Waals surface area contributed by atoms with Crippen LogP contribution in [0.15, 0.2) is 54.2 Å². The molecule has 1 heterocycles. The number of hydrogen-bond acceptors (Lipinski definition) is 2. The molecule has 0 spiro atoms. The predicted molar refractivity (Wildman–Crippen MR) is 110 cm³/mol. The Balaban J connectivity index is 1.97. The van der Waals surface area contributed by atoms with Crippen LogP contribution in [-0.2, 0) is 5.41 Å². The molecule has 2 aromatic carbocycles. The molecule has 3 heteroatoms. The molecule has 0 aliphatic carbocycles. The van der Waals surface area contributed by atoms with Crippen molar-refractivity contribution in [3.8, 4) is 11.8 Å². The molecule has 0 atom stereocenters. The van der Waals surface area contributed by atoms with Crippen molar-refractivity contribution >= 4 is 11.7 Å². The number of rotatable bonds is 2. The van der Waals surface area contributed by atoms with Gasteiger partial charge in [-0.15, -0.1) is 0 Å². The molecule has 1 aliphatic heterocycles. The molecule has 1 aliphatic rings. The molecular weight excluding hydrogens is 334 g/mol. The molecule has 2 aromatic rings. The average Bonchev–Trinajstić information content (AvgIpc) is 2.59. The summed E-state index contributed by atoms with van der Waals surface area (Å²) in [4.78, 5) is 13.3. The molecule has 0 amide bonds. The summed E-state index contributed by atoms with van der Waals surface area (Å²) in [5.41, 5.74) is 5.77. The number of fused-ring (bicyclic) bond motifs is 1. The van der Waals surface area contributed by atoms with Gasteiger partial charge in [-0.1, -0.05) is 31.8 Å². The summed E-state index contributed by atoms with van der Waals surface area (Å²) in [6.07, 6.45) is 2.32. The quantitative estimate of drug-likeness (QED) is 0.750. The fraction of sp³-hybridized carbons (Fsp3) is 0.292. The van der Waals surface area contributed by atoms with E-state index in [9.17, 15) is 4.79 Å². The highest BCUT2D eigenvalue weighted by Crippen LogP contribution is 2.41. The van der Waals surface area contributed by atoms with Crippen molar-refractivity contribution in [2.75, 3.05) is 4.90 Å². The van der Waals surface area contributed by atoms with Crippen LogP contribution in [0.1, 0.15) is 61.7 Å². The van der Waals surface area contributed by atoms with Gasteiger partial charge in [0.05, 0.1) is 5.56 Å². The van der Waals surface area contributed by atoms with Crippen molar-refractivity contribution < 1.29 is 9.90 Å². The Labute approximate surface area is 161 Å². The van der Waals surface area contributed by atoms with Gasteiger partial charge >= 0.3 is 5.97 Å². The zero-order valence-corrected chi connectivity index (χ0v) is 16.5. The number of carbonyl (C=O) groups is 1. The molecular formula is C24H25NO2. The lowest BCUT2D eigenvalue weighted by atomic mass is 9.79. The first-order valence-electron chi connectivity index (χ1n) is 9.17. The summed E-state index contributed by atoms with van der Waals surface area (Å²) in [6, 6.07) is 13.4. The molecule has 27 heavy (non-hydrogen) atoms. The summed E-state index contributed by atoms with van der Waals surface area (Å²) in [7, 11) is 0. The predicted octanol–water partition coefficient (Wildman–Crippen LogP) is 5.19. The molecule has 0 bridgehead atoms. The number of allylic oxidation sites excluding steroid dienone is 2. The van der Waals surface area contributed by atoms with E-state index in [1.54, 1.807) is 24.3 Å².